The highest BCUT2D eigenvalue weighted by Crippen LogP contribution is 2.20. The maximum absolute atomic E-state index is 13.2. The summed E-state index contributed by atoms with van der Waals surface area (Å²) < 4.78 is 23.3. The number of anilines is 1. The lowest BCUT2D eigenvalue weighted by Crippen LogP contribution is -2.40. The Kier molecular flexibility index (Phi) is 5.88. The molecular weight excluding hydrogens is 367 g/mol. The van der Waals surface area contributed by atoms with Crippen molar-refractivity contribution in [1.82, 2.24) is 4.90 Å². The average molecular weight is 386 g/mol. The van der Waals surface area contributed by atoms with Gasteiger partial charge in [0.15, 0.2) is 6.73 Å². The number of cyclic esters (lactones) is 1. The molecule has 146 valence electrons. The average Bonchev–Trinajstić information content (AvgIpc) is 3.03. The van der Waals surface area contributed by atoms with Crippen LogP contribution in [0.3, 0.4) is 0 Å². The van der Waals surface area contributed by atoms with E-state index in [-0.39, 0.29) is 19.8 Å². The molecule has 1 atom stereocenters. The molecule has 1 saturated heterocycles. The molecule has 0 saturated carbocycles. The first-order valence-corrected chi connectivity index (χ1v) is 8.64. The Balaban J connectivity index is 1.60. The summed E-state index contributed by atoms with van der Waals surface area (Å²) in [4.78, 5) is 37.6. The Bertz CT molecular complexity index is 887. The lowest BCUT2D eigenvalue weighted by molar-refractivity contribution is -0.140. The van der Waals surface area contributed by atoms with Gasteiger partial charge in [-0.15, -0.1) is 0 Å². The first-order valence-electron chi connectivity index (χ1n) is 8.64. The Morgan fingerprint density at radius 2 is 2.00 bits per heavy atom. The number of rotatable bonds is 5. The van der Waals surface area contributed by atoms with E-state index in [1.165, 1.54) is 18.2 Å². The van der Waals surface area contributed by atoms with Crippen LogP contribution in [0.15, 0.2) is 48.5 Å². The van der Waals surface area contributed by atoms with Crippen molar-refractivity contribution >= 4 is 23.7 Å². The first-order chi connectivity index (χ1) is 13.4. The molecule has 0 aromatic heterocycles. The third-order valence-corrected chi connectivity index (χ3v) is 4.28. The summed E-state index contributed by atoms with van der Waals surface area (Å²) >= 11 is 0. The molecule has 1 aliphatic rings. The van der Waals surface area contributed by atoms with E-state index < -0.39 is 29.8 Å². The van der Waals surface area contributed by atoms with Crippen molar-refractivity contribution < 1.29 is 28.2 Å². The number of carbonyl (C=O) groups excluding carboxylic acids is 3. The van der Waals surface area contributed by atoms with Crippen molar-refractivity contribution in [3.05, 3.63) is 65.5 Å². The summed E-state index contributed by atoms with van der Waals surface area (Å²) in [6, 6.07) is 11.9. The maximum Gasteiger partial charge on any atom is 0.413 e. The third kappa shape index (κ3) is 4.64. The van der Waals surface area contributed by atoms with Crippen molar-refractivity contribution in [2.75, 3.05) is 12.0 Å². The molecule has 0 spiro atoms. The van der Waals surface area contributed by atoms with Gasteiger partial charge < -0.3 is 14.8 Å². The monoisotopic (exact) mass is 386 g/mol. The number of benzene rings is 2. The number of halogens is 1. The number of nitrogens with zero attached hydrogens (tertiary/aromatic N) is 1. The van der Waals surface area contributed by atoms with Crippen molar-refractivity contribution in [3.8, 4) is 0 Å². The number of ether oxygens (including phenoxy) is 2. The summed E-state index contributed by atoms with van der Waals surface area (Å²) in [5, 5.41) is 2.61. The normalized spacial score (nSPS) is 15.9. The van der Waals surface area contributed by atoms with E-state index in [4.69, 9.17) is 9.47 Å². The smallest absolute Gasteiger partial charge is 0.413 e. The van der Waals surface area contributed by atoms with Gasteiger partial charge in [0.25, 0.3) is 0 Å². The molecule has 1 heterocycles. The van der Waals surface area contributed by atoms with Crippen molar-refractivity contribution in [3.63, 3.8) is 0 Å². The molecule has 8 heteroatoms. The van der Waals surface area contributed by atoms with Crippen LogP contribution in [0.25, 0.3) is 0 Å². The summed E-state index contributed by atoms with van der Waals surface area (Å²) in [7, 11) is 0. The van der Waals surface area contributed by atoms with Crippen LogP contribution in [0.5, 0.6) is 0 Å². The lowest BCUT2D eigenvalue weighted by Gasteiger charge is -2.19. The van der Waals surface area contributed by atoms with Crippen molar-refractivity contribution in [2.45, 2.75) is 26.0 Å². The predicted octanol–water partition coefficient (Wildman–Crippen LogP) is 2.98. The van der Waals surface area contributed by atoms with Crippen LogP contribution >= 0.6 is 0 Å². The van der Waals surface area contributed by atoms with Gasteiger partial charge in [0.2, 0.25) is 5.91 Å². The van der Waals surface area contributed by atoms with Gasteiger partial charge in [-0.1, -0.05) is 30.3 Å². The minimum Gasteiger partial charge on any atom is -0.444 e. The Morgan fingerprint density at radius 1 is 1.25 bits per heavy atom. The molecule has 0 radical (unpaired) electrons. The van der Waals surface area contributed by atoms with Gasteiger partial charge in [0.1, 0.15) is 18.5 Å². The van der Waals surface area contributed by atoms with Crippen LogP contribution in [0.4, 0.5) is 14.9 Å². The van der Waals surface area contributed by atoms with E-state index in [1.807, 2.05) is 18.2 Å². The molecule has 28 heavy (non-hydrogen) atoms. The van der Waals surface area contributed by atoms with Crippen LogP contribution < -0.4 is 5.32 Å². The Morgan fingerprint density at radius 3 is 2.71 bits per heavy atom. The first kappa shape index (κ1) is 19.3. The zero-order valence-electron chi connectivity index (χ0n) is 15.2. The minimum atomic E-state index is -1.08. The highest BCUT2D eigenvalue weighted by molar-refractivity contribution is 5.96. The number of hydrogen-bond donors (Lipinski definition) is 1. The van der Waals surface area contributed by atoms with Crippen molar-refractivity contribution in [1.29, 1.82) is 0 Å². The molecule has 3 rings (SSSR count). The minimum absolute atomic E-state index is 0.0397. The largest absolute Gasteiger partial charge is 0.444 e. The molecule has 1 aliphatic heterocycles. The fraction of sp³-hybridized carbons (Fsp3) is 0.250. The summed E-state index contributed by atoms with van der Waals surface area (Å²) in [5.41, 5.74) is 1.76. The van der Waals surface area contributed by atoms with Gasteiger partial charge in [0.05, 0.1) is 6.42 Å². The molecule has 2 amide bonds. The fourth-order valence-corrected chi connectivity index (χ4v) is 2.77. The number of carbonyl (C=O) groups is 3. The van der Waals surface area contributed by atoms with Gasteiger partial charge in [-0.05, 0) is 36.2 Å². The highest BCUT2D eigenvalue weighted by atomic mass is 19.1. The molecule has 0 aliphatic carbocycles. The van der Waals surface area contributed by atoms with Crippen LogP contribution in [0.2, 0.25) is 0 Å². The topological polar surface area (TPSA) is 84.9 Å². The second-order valence-electron chi connectivity index (χ2n) is 6.33. The van der Waals surface area contributed by atoms with Gasteiger partial charge in [-0.2, -0.15) is 0 Å². The van der Waals surface area contributed by atoms with Crippen molar-refractivity contribution in [2.24, 2.45) is 0 Å². The zero-order chi connectivity index (χ0) is 20.1. The van der Waals surface area contributed by atoms with Crippen LogP contribution in [0, 0.1) is 12.7 Å². The van der Waals surface area contributed by atoms with Gasteiger partial charge >= 0.3 is 12.1 Å². The van der Waals surface area contributed by atoms with E-state index in [0.29, 0.717) is 11.3 Å². The Labute approximate surface area is 161 Å². The molecule has 1 fully saturated rings. The standard InChI is InChI=1S/C20H19FN2O5/c1-13-9-15(21)7-8-16(13)22-18(24)10-17-19(25)28-12-23(17)20(26)27-11-14-5-3-2-4-6-14/h2-9,17H,10-12H2,1H3,(H,22,24)/t17-/m1/s1. The molecular formula is C20H19FN2O5. The van der Waals surface area contributed by atoms with Crippen LogP contribution in [-0.4, -0.2) is 35.6 Å². The zero-order valence-corrected chi connectivity index (χ0v) is 15.2. The summed E-state index contributed by atoms with van der Waals surface area (Å²) in [6.45, 7) is 1.41. The summed E-state index contributed by atoms with van der Waals surface area (Å²) in [6.07, 6.45) is -1.04. The van der Waals surface area contributed by atoms with E-state index in [1.54, 1.807) is 19.1 Å². The van der Waals surface area contributed by atoms with E-state index in [2.05, 4.69) is 5.32 Å². The van der Waals surface area contributed by atoms with Gasteiger partial charge in [-0.25, -0.2) is 14.0 Å². The number of hydrogen-bond acceptors (Lipinski definition) is 5. The number of esters is 1. The second-order valence-corrected chi connectivity index (χ2v) is 6.33. The Hall–Kier alpha value is -3.42. The number of aryl methyl sites for hydroxylation is 1. The molecule has 2 aromatic carbocycles. The quantitative estimate of drug-likeness (QED) is 0.799. The second kappa shape index (κ2) is 8.51. The fourth-order valence-electron chi connectivity index (χ4n) is 2.77. The number of nitrogens with one attached hydrogen (secondary N) is 1. The molecule has 0 unspecified atom stereocenters. The predicted molar refractivity (Wildman–Crippen MR) is 97.6 cm³/mol. The summed E-state index contributed by atoms with van der Waals surface area (Å²) in [5.74, 6) is -1.59. The van der Waals surface area contributed by atoms with E-state index in [0.717, 1.165) is 10.5 Å². The SMILES string of the molecule is Cc1cc(F)ccc1NC(=O)C[C@@H]1C(=O)OCN1C(=O)OCc1ccccc1. The molecule has 1 N–H and O–H groups in total. The van der Waals surface area contributed by atoms with Gasteiger partial charge in [-0.3, -0.25) is 9.69 Å². The van der Waals surface area contributed by atoms with Crippen LogP contribution in [0.1, 0.15) is 17.5 Å². The number of amides is 2. The van der Waals surface area contributed by atoms with E-state index >= 15 is 0 Å². The molecule has 0 bridgehead atoms. The van der Waals surface area contributed by atoms with Crippen LogP contribution in [-0.2, 0) is 25.7 Å². The lowest BCUT2D eigenvalue weighted by atomic mass is 10.1. The third-order valence-electron chi connectivity index (χ3n) is 4.28. The molecule has 2 aromatic rings. The highest BCUT2D eigenvalue weighted by Gasteiger charge is 2.40. The maximum atomic E-state index is 13.2. The van der Waals surface area contributed by atoms with Gasteiger partial charge in [0, 0.05) is 5.69 Å². The molecule has 7 nitrogen and oxygen atoms in total. The van der Waals surface area contributed by atoms with E-state index in [9.17, 15) is 18.8 Å².